The lowest BCUT2D eigenvalue weighted by Gasteiger charge is -2.10. The van der Waals surface area contributed by atoms with Crippen LogP contribution in [-0.2, 0) is 16.1 Å². The second kappa shape index (κ2) is 4.97. The Kier molecular flexibility index (Phi) is 3.39. The van der Waals surface area contributed by atoms with Crippen LogP contribution in [0.1, 0.15) is 12.5 Å². The normalized spacial score (nSPS) is 12.6. The zero-order valence-corrected chi connectivity index (χ0v) is 9.88. The van der Waals surface area contributed by atoms with Gasteiger partial charge in [0.25, 0.3) is 0 Å². The molecule has 90 valence electrons. The van der Waals surface area contributed by atoms with Gasteiger partial charge in [-0.05, 0) is 19.1 Å². The summed E-state index contributed by atoms with van der Waals surface area (Å²) >= 11 is 0. The number of nitrogens with one attached hydrogen (secondary N) is 1. The number of ether oxygens (including phenoxy) is 1. The van der Waals surface area contributed by atoms with Crippen LogP contribution in [0, 0.1) is 0 Å². The molecule has 0 unspecified atom stereocenters. The number of nitrogens with zero attached hydrogens (tertiary/aromatic N) is 2. The van der Waals surface area contributed by atoms with Crippen molar-refractivity contribution in [1.29, 1.82) is 0 Å². The number of esters is 1. The third-order valence-corrected chi connectivity index (χ3v) is 2.66. The molecule has 0 aliphatic heterocycles. The minimum Gasteiger partial charge on any atom is -0.468 e. The summed E-state index contributed by atoms with van der Waals surface area (Å²) in [6, 6.07) is 5.56. The van der Waals surface area contributed by atoms with E-state index in [0.29, 0.717) is 6.54 Å². The van der Waals surface area contributed by atoms with Crippen LogP contribution in [0.4, 0.5) is 0 Å². The number of hydrogen-bond donors (Lipinski definition) is 1. The predicted octanol–water partition coefficient (Wildman–Crippen LogP) is 0.985. The van der Waals surface area contributed by atoms with Crippen LogP contribution >= 0.6 is 0 Å². The first-order chi connectivity index (χ1) is 8.22. The summed E-state index contributed by atoms with van der Waals surface area (Å²) in [5.41, 5.74) is 2.10. The number of aromatic nitrogens is 2. The third kappa shape index (κ3) is 2.45. The molecule has 17 heavy (non-hydrogen) atoms. The summed E-state index contributed by atoms with van der Waals surface area (Å²) in [6.07, 6.45) is 3.69. The van der Waals surface area contributed by atoms with E-state index >= 15 is 0 Å². The van der Waals surface area contributed by atoms with E-state index in [1.807, 2.05) is 24.4 Å². The lowest BCUT2D eigenvalue weighted by Crippen LogP contribution is -2.34. The number of methoxy groups -OCH3 is 1. The first-order valence-corrected chi connectivity index (χ1v) is 5.45. The van der Waals surface area contributed by atoms with Gasteiger partial charge in [-0.3, -0.25) is 4.79 Å². The average molecular weight is 233 g/mol. The molecule has 2 rings (SSSR count). The first kappa shape index (κ1) is 11.6. The summed E-state index contributed by atoms with van der Waals surface area (Å²) in [7, 11) is 1.38. The van der Waals surface area contributed by atoms with Crippen LogP contribution in [0.3, 0.4) is 0 Å². The molecule has 0 bridgehead atoms. The summed E-state index contributed by atoms with van der Waals surface area (Å²) in [5, 5.41) is 7.32. The van der Waals surface area contributed by atoms with Crippen molar-refractivity contribution in [3.05, 3.63) is 36.2 Å². The Morgan fingerprint density at radius 3 is 3.18 bits per heavy atom. The molecule has 2 aromatic heterocycles. The number of hydrogen-bond acceptors (Lipinski definition) is 4. The summed E-state index contributed by atoms with van der Waals surface area (Å²) in [6.45, 7) is 2.36. The fourth-order valence-corrected chi connectivity index (χ4v) is 1.65. The van der Waals surface area contributed by atoms with E-state index in [9.17, 15) is 4.79 Å². The Morgan fingerprint density at radius 1 is 1.59 bits per heavy atom. The van der Waals surface area contributed by atoms with Gasteiger partial charge < -0.3 is 10.1 Å². The second-order valence-electron chi connectivity index (χ2n) is 3.83. The van der Waals surface area contributed by atoms with E-state index in [2.05, 4.69) is 15.2 Å². The molecule has 5 heteroatoms. The van der Waals surface area contributed by atoms with Crippen molar-refractivity contribution in [3.8, 4) is 0 Å². The van der Waals surface area contributed by atoms with Crippen molar-refractivity contribution >= 4 is 11.5 Å². The Morgan fingerprint density at radius 2 is 2.41 bits per heavy atom. The Labute approximate surface area is 99.4 Å². The molecule has 0 aromatic carbocycles. The molecule has 2 heterocycles. The van der Waals surface area contributed by atoms with Crippen molar-refractivity contribution in [2.24, 2.45) is 0 Å². The van der Waals surface area contributed by atoms with Gasteiger partial charge in [0.05, 0.1) is 18.8 Å². The fourth-order valence-electron chi connectivity index (χ4n) is 1.65. The topological polar surface area (TPSA) is 55.6 Å². The van der Waals surface area contributed by atoms with Gasteiger partial charge in [0, 0.05) is 18.3 Å². The fraction of sp³-hybridized carbons (Fsp3) is 0.333. The Balaban J connectivity index is 2.07. The van der Waals surface area contributed by atoms with Crippen LogP contribution in [-0.4, -0.2) is 28.7 Å². The molecule has 0 saturated carbocycles. The largest absolute Gasteiger partial charge is 0.468 e. The highest BCUT2D eigenvalue weighted by Gasteiger charge is 2.12. The molecule has 2 aromatic rings. The minimum atomic E-state index is -0.321. The van der Waals surface area contributed by atoms with E-state index in [4.69, 9.17) is 0 Å². The SMILES string of the molecule is COC(=O)[C@H](C)NCc1cnn2ccccc12. The van der Waals surface area contributed by atoms with E-state index in [1.54, 1.807) is 17.6 Å². The third-order valence-electron chi connectivity index (χ3n) is 2.66. The van der Waals surface area contributed by atoms with Crippen molar-refractivity contribution in [2.75, 3.05) is 7.11 Å². The highest BCUT2D eigenvalue weighted by atomic mass is 16.5. The van der Waals surface area contributed by atoms with Crippen LogP contribution < -0.4 is 5.32 Å². The van der Waals surface area contributed by atoms with Gasteiger partial charge in [-0.2, -0.15) is 5.10 Å². The zero-order chi connectivity index (χ0) is 12.3. The monoisotopic (exact) mass is 233 g/mol. The van der Waals surface area contributed by atoms with Gasteiger partial charge in [0.1, 0.15) is 6.04 Å². The average Bonchev–Trinajstić information content (AvgIpc) is 2.78. The Bertz CT molecular complexity index is 521. The minimum absolute atomic E-state index is 0.263. The highest BCUT2D eigenvalue weighted by Crippen LogP contribution is 2.09. The van der Waals surface area contributed by atoms with Gasteiger partial charge in [-0.15, -0.1) is 0 Å². The van der Waals surface area contributed by atoms with Gasteiger partial charge in [0.15, 0.2) is 0 Å². The van der Waals surface area contributed by atoms with E-state index in [1.165, 1.54) is 7.11 Å². The molecule has 0 aliphatic rings. The highest BCUT2D eigenvalue weighted by molar-refractivity contribution is 5.75. The van der Waals surface area contributed by atoms with Crippen molar-refractivity contribution in [1.82, 2.24) is 14.9 Å². The molecule has 0 aliphatic carbocycles. The number of rotatable bonds is 4. The Hall–Kier alpha value is -1.88. The van der Waals surface area contributed by atoms with Crippen LogP contribution in [0.15, 0.2) is 30.6 Å². The number of carbonyl (C=O) groups excluding carboxylic acids is 1. The van der Waals surface area contributed by atoms with E-state index < -0.39 is 0 Å². The van der Waals surface area contributed by atoms with Crippen LogP contribution in [0.5, 0.6) is 0 Å². The molecule has 5 nitrogen and oxygen atoms in total. The molecule has 0 saturated heterocycles. The smallest absolute Gasteiger partial charge is 0.322 e. The van der Waals surface area contributed by atoms with Gasteiger partial charge >= 0.3 is 5.97 Å². The van der Waals surface area contributed by atoms with Gasteiger partial charge in [-0.25, -0.2) is 4.52 Å². The summed E-state index contributed by atoms with van der Waals surface area (Å²) in [4.78, 5) is 11.2. The molecular weight excluding hydrogens is 218 g/mol. The van der Waals surface area contributed by atoms with E-state index in [0.717, 1.165) is 11.1 Å². The van der Waals surface area contributed by atoms with Crippen LogP contribution in [0.2, 0.25) is 0 Å². The lowest BCUT2D eigenvalue weighted by atomic mass is 10.2. The van der Waals surface area contributed by atoms with E-state index in [-0.39, 0.29) is 12.0 Å². The summed E-state index contributed by atoms with van der Waals surface area (Å²) in [5.74, 6) is -0.263. The molecule has 0 amide bonds. The maximum absolute atomic E-state index is 11.2. The summed E-state index contributed by atoms with van der Waals surface area (Å²) < 4.78 is 6.45. The van der Waals surface area contributed by atoms with Gasteiger partial charge in [-0.1, -0.05) is 6.07 Å². The van der Waals surface area contributed by atoms with Gasteiger partial charge in [0.2, 0.25) is 0 Å². The maximum atomic E-state index is 11.2. The lowest BCUT2D eigenvalue weighted by molar-refractivity contribution is -0.142. The first-order valence-electron chi connectivity index (χ1n) is 5.45. The molecule has 0 radical (unpaired) electrons. The molecular formula is C12H15N3O2. The number of fused-ring (bicyclic) bond motifs is 1. The molecule has 1 atom stereocenters. The number of pyridine rings is 1. The molecule has 0 fully saturated rings. The maximum Gasteiger partial charge on any atom is 0.322 e. The quantitative estimate of drug-likeness (QED) is 0.800. The second-order valence-corrected chi connectivity index (χ2v) is 3.83. The number of carbonyl (C=O) groups is 1. The molecule has 0 spiro atoms. The standard InChI is InChI=1S/C12H15N3O2/c1-9(12(16)17-2)13-7-10-8-14-15-6-4-3-5-11(10)15/h3-6,8-9,13H,7H2,1-2H3/t9-/m0/s1. The molecule has 1 N–H and O–H groups in total. The van der Waals surface area contributed by atoms with Crippen LogP contribution in [0.25, 0.3) is 5.52 Å². The predicted molar refractivity (Wildman–Crippen MR) is 63.5 cm³/mol. The zero-order valence-electron chi connectivity index (χ0n) is 9.88. The van der Waals surface area contributed by atoms with Crippen molar-refractivity contribution < 1.29 is 9.53 Å². The van der Waals surface area contributed by atoms with Crippen molar-refractivity contribution in [2.45, 2.75) is 19.5 Å². The van der Waals surface area contributed by atoms with Crippen molar-refractivity contribution in [3.63, 3.8) is 0 Å².